The monoisotopic (exact) mass is 1170 g/mol. The smallest absolute Gasteiger partial charge is 0.387 e. The number of amides is 1. The third-order valence-corrected chi connectivity index (χ3v) is 15.6. The first-order valence-electron chi connectivity index (χ1n) is 34.1. The fraction of sp³-hybridized carbons (Fsp3) is 0.689. The average molecular weight is 1170 g/mol. The standard InChI is InChI=1S/C74H129N2O6P/c1-6-8-10-12-14-16-18-20-22-24-26-28-30-31-32-33-34-35-36-37-38-39-40-41-42-43-44-45-46-48-50-52-54-56-58-60-62-64-66-68-74(78)75-72(71-82-83(79,80)81-70-69-76(3,4)5)73(77)67-65-63-61-59-57-55-53-51-49-47-29-27-25-23-21-19-17-15-13-11-9-7-2/h8,10,14,16,20,22,26,28,31-32,34-35,37-38,40-41,49,51,57,59,65,67,72-73,77H,6-7,9,11-13,15,17-19,21,23-25,27,29-30,33,36,39,42-48,50,52-56,58,60-64,66,68-71H2,1-5H3,(H-,75,78,79,80)/p+1/b10-8-,16-14-,22-20-,28-26-,32-31-,35-34-,38-37-,41-40-,51-49+,59-57+,67-65+. The van der Waals surface area contributed by atoms with Gasteiger partial charge in [0.1, 0.15) is 13.2 Å². The lowest BCUT2D eigenvalue weighted by Gasteiger charge is -2.25. The summed E-state index contributed by atoms with van der Waals surface area (Å²) in [6, 6.07) is -0.879. The fourth-order valence-electron chi connectivity index (χ4n) is 9.33. The lowest BCUT2D eigenvalue weighted by atomic mass is 10.0. The number of rotatable bonds is 61. The first kappa shape index (κ1) is 79.6. The fourth-order valence-corrected chi connectivity index (χ4v) is 10.1. The van der Waals surface area contributed by atoms with Crippen molar-refractivity contribution in [1.29, 1.82) is 0 Å². The molecule has 8 nitrogen and oxygen atoms in total. The number of carbonyl (C=O) groups excluding carboxylic acids is 1. The van der Waals surface area contributed by atoms with Gasteiger partial charge in [0.05, 0.1) is 39.9 Å². The summed E-state index contributed by atoms with van der Waals surface area (Å²) in [6.45, 7) is 4.68. The molecule has 0 aromatic rings. The minimum Gasteiger partial charge on any atom is -0.387 e. The average Bonchev–Trinajstić information content (AvgIpc) is 3.50. The van der Waals surface area contributed by atoms with Crippen LogP contribution >= 0.6 is 7.82 Å². The molecule has 0 bridgehead atoms. The van der Waals surface area contributed by atoms with Crippen LogP contribution in [0.2, 0.25) is 0 Å². The predicted octanol–water partition coefficient (Wildman–Crippen LogP) is 21.8. The highest BCUT2D eigenvalue weighted by Crippen LogP contribution is 2.43. The topological polar surface area (TPSA) is 105 Å². The second kappa shape index (κ2) is 63.2. The molecule has 3 N–H and O–H groups in total. The number of unbranched alkanes of at least 4 members (excludes halogenated alkanes) is 28. The maximum atomic E-state index is 13.0. The molecule has 0 aliphatic heterocycles. The van der Waals surface area contributed by atoms with E-state index in [9.17, 15) is 19.4 Å². The van der Waals surface area contributed by atoms with Gasteiger partial charge in [0.2, 0.25) is 5.91 Å². The summed E-state index contributed by atoms with van der Waals surface area (Å²) in [5, 5.41) is 14.0. The summed E-state index contributed by atoms with van der Waals surface area (Å²) in [4.78, 5) is 23.4. The van der Waals surface area contributed by atoms with E-state index in [1.807, 2.05) is 27.2 Å². The summed E-state index contributed by atoms with van der Waals surface area (Å²) in [5.74, 6) is -0.194. The van der Waals surface area contributed by atoms with Crippen LogP contribution in [0.4, 0.5) is 0 Å². The molecule has 0 heterocycles. The van der Waals surface area contributed by atoms with Crippen LogP contribution in [-0.4, -0.2) is 73.4 Å². The number of nitrogens with zero attached hydrogens (tertiary/aromatic N) is 1. The number of phosphoric acid groups is 1. The van der Waals surface area contributed by atoms with Gasteiger partial charge in [-0.05, 0) is 109 Å². The van der Waals surface area contributed by atoms with Crippen molar-refractivity contribution in [2.24, 2.45) is 0 Å². The van der Waals surface area contributed by atoms with Crippen molar-refractivity contribution < 1.29 is 32.9 Å². The number of phosphoric ester groups is 1. The SMILES string of the molecule is CC/C=C\C/C=C\C/C=C\C/C=C\C/C=C\C/C=C\C/C=C\C/C=C\CCCCCCCCCCCCCCCCC(=O)NC(COP(=O)(O)OCC[N+](C)(C)C)C(O)/C=C/CC/C=C/CC/C=C/CCCCCCCCCCCCCC. The predicted molar refractivity (Wildman–Crippen MR) is 364 cm³/mol. The molecule has 0 saturated carbocycles. The minimum atomic E-state index is -4.37. The van der Waals surface area contributed by atoms with Crippen LogP contribution in [0.15, 0.2) is 134 Å². The first-order valence-corrected chi connectivity index (χ1v) is 35.6. The van der Waals surface area contributed by atoms with E-state index in [2.05, 4.69) is 141 Å². The molecule has 0 saturated heterocycles. The van der Waals surface area contributed by atoms with E-state index in [1.165, 1.54) is 161 Å². The van der Waals surface area contributed by atoms with Crippen LogP contribution in [0.3, 0.4) is 0 Å². The van der Waals surface area contributed by atoms with E-state index < -0.39 is 20.0 Å². The van der Waals surface area contributed by atoms with Crippen LogP contribution in [0, 0.1) is 0 Å². The molecule has 0 aromatic heterocycles. The minimum absolute atomic E-state index is 0.0485. The molecule has 0 spiro atoms. The number of likely N-dealkylation sites (N-methyl/N-ethyl adjacent to an activating group) is 1. The van der Waals surface area contributed by atoms with Crippen molar-refractivity contribution in [3.63, 3.8) is 0 Å². The molecule has 0 fully saturated rings. The molecule has 0 radical (unpaired) electrons. The Hall–Kier alpha value is -3.36. The van der Waals surface area contributed by atoms with Gasteiger partial charge >= 0.3 is 7.82 Å². The van der Waals surface area contributed by atoms with Gasteiger partial charge in [0.25, 0.3) is 0 Å². The summed E-state index contributed by atoms with van der Waals surface area (Å²) < 4.78 is 23.8. The molecule has 9 heteroatoms. The summed E-state index contributed by atoms with van der Waals surface area (Å²) in [7, 11) is 1.54. The zero-order chi connectivity index (χ0) is 60.5. The number of hydrogen-bond donors (Lipinski definition) is 3. The van der Waals surface area contributed by atoms with Crippen LogP contribution in [0.5, 0.6) is 0 Å². The summed E-state index contributed by atoms with van der Waals surface area (Å²) in [5.41, 5.74) is 0. The van der Waals surface area contributed by atoms with Gasteiger partial charge in [0.15, 0.2) is 0 Å². The zero-order valence-corrected chi connectivity index (χ0v) is 55.3. The van der Waals surface area contributed by atoms with Gasteiger partial charge in [0, 0.05) is 6.42 Å². The van der Waals surface area contributed by atoms with Crippen molar-refractivity contribution in [3.8, 4) is 0 Å². The van der Waals surface area contributed by atoms with Crippen molar-refractivity contribution in [1.82, 2.24) is 5.32 Å². The van der Waals surface area contributed by atoms with E-state index in [4.69, 9.17) is 9.05 Å². The van der Waals surface area contributed by atoms with Crippen molar-refractivity contribution in [3.05, 3.63) is 134 Å². The largest absolute Gasteiger partial charge is 0.472 e. The van der Waals surface area contributed by atoms with Gasteiger partial charge in [-0.15, -0.1) is 0 Å². The van der Waals surface area contributed by atoms with Crippen molar-refractivity contribution in [2.75, 3.05) is 40.9 Å². The van der Waals surface area contributed by atoms with Crippen LogP contribution in [0.1, 0.15) is 277 Å². The van der Waals surface area contributed by atoms with E-state index >= 15 is 0 Å². The molecule has 0 aliphatic carbocycles. The Morgan fingerprint density at radius 3 is 1.11 bits per heavy atom. The molecule has 83 heavy (non-hydrogen) atoms. The Balaban J connectivity index is 4.13. The van der Waals surface area contributed by atoms with E-state index in [0.29, 0.717) is 17.4 Å². The highest BCUT2D eigenvalue weighted by atomic mass is 31.2. The lowest BCUT2D eigenvalue weighted by molar-refractivity contribution is -0.870. The maximum Gasteiger partial charge on any atom is 0.472 e. The second-order valence-electron chi connectivity index (χ2n) is 23.8. The number of allylic oxidation sites excluding steroid dienone is 21. The molecular weight excluding hydrogens is 1040 g/mol. The normalized spacial score (nSPS) is 14.5. The second-order valence-corrected chi connectivity index (χ2v) is 25.3. The number of nitrogens with one attached hydrogen (secondary N) is 1. The number of aliphatic hydroxyl groups excluding tert-OH is 1. The maximum absolute atomic E-state index is 13.0. The Kier molecular flexibility index (Phi) is 60.6. The van der Waals surface area contributed by atoms with Crippen LogP contribution in [0.25, 0.3) is 0 Å². The quantitative estimate of drug-likeness (QED) is 0.0243. The van der Waals surface area contributed by atoms with E-state index in [1.54, 1.807) is 6.08 Å². The third kappa shape index (κ3) is 66.0. The molecule has 3 atom stereocenters. The Morgan fingerprint density at radius 1 is 0.422 bits per heavy atom. The number of quaternary nitrogens is 1. The van der Waals surface area contributed by atoms with Gasteiger partial charge in [-0.1, -0.05) is 295 Å². The summed E-state index contributed by atoms with van der Waals surface area (Å²) in [6.07, 6.45) is 95.9. The van der Waals surface area contributed by atoms with E-state index in [-0.39, 0.29) is 19.1 Å². The van der Waals surface area contributed by atoms with Crippen molar-refractivity contribution >= 4 is 13.7 Å². The third-order valence-electron chi connectivity index (χ3n) is 14.6. The molecule has 3 unspecified atom stereocenters. The molecule has 0 aromatic carbocycles. The number of aliphatic hydroxyl groups is 1. The molecule has 0 aliphatic rings. The highest BCUT2D eigenvalue weighted by Gasteiger charge is 2.27. The zero-order valence-electron chi connectivity index (χ0n) is 54.4. The van der Waals surface area contributed by atoms with Crippen molar-refractivity contribution in [2.45, 2.75) is 289 Å². The highest BCUT2D eigenvalue weighted by molar-refractivity contribution is 7.47. The molecule has 0 rings (SSSR count). The first-order chi connectivity index (χ1) is 40.5. The number of hydrogen-bond acceptors (Lipinski definition) is 5. The number of carbonyl (C=O) groups is 1. The summed E-state index contributed by atoms with van der Waals surface area (Å²) >= 11 is 0. The lowest BCUT2D eigenvalue weighted by Crippen LogP contribution is -2.45. The van der Waals surface area contributed by atoms with Gasteiger partial charge < -0.3 is 19.8 Å². The molecular formula is C74H130N2O6P+. The van der Waals surface area contributed by atoms with E-state index in [0.717, 1.165) is 96.3 Å². The Morgan fingerprint density at radius 2 is 0.735 bits per heavy atom. The van der Waals surface area contributed by atoms with Gasteiger partial charge in [-0.2, -0.15) is 0 Å². The van der Waals surface area contributed by atoms with Gasteiger partial charge in [-0.3, -0.25) is 13.8 Å². The Labute approximate surface area is 513 Å². The van der Waals surface area contributed by atoms with Gasteiger partial charge in [-0.25, -0.2) is 4.57 Å². The Bertz CT molecular complexity index is 1810. The van der Waals surface area contributed by atoms with Crippen LogP contribution < -0.4 is 5.32 Å². The molecule has 476 valence electrons. The molecule has 1 amide bonds. The van der Waals surface area contributed by atoms with Crippen LogP contribution in [-0.2, 0) is 18.4 Å².